The average molecular weight is 359 g/mol. The van der Waals surface area contributed by atoms with E-state index in [4.69, 9.17) is 4.74 Å². The smallest absolute Gasteiger partial charge is 0.323 e. The summed E-state index contributed by atoms with van der Waals surface area (Å²) in [6, 6.07) is 29.8. The Morgan fingerprint density at radius 2 is 1.15 bits per heavy atom. The van der Waals surface area contributed by atoms with Gasteiger partial charge in [0.2, 0.25) is 0 Å². The SMILES string of the molecule is COC(=O)[C@@H](NC(c1ccccc1)c1ccccc1)[C@H](C)c1ccccc1. The van der Waals surface area contributed by atoms with Gasteiger partial charge >= 0.3 is 5.97 Å². The van der Waals surface area contributed by atoms with Gasteiger partial charge in [-0.1, -0.05) is 97.9 Å². The number of ether oxygens (including phenoxy) is 1. The van der Waals surface area contributed by atoms with Crippen molar-refractivity contribution in [1.29, 1.82) is 0 Å². The predicted molar refractivity (Wildman–Crippen MR) is 109 cm³/mol. The van der Waals surface area contributed by atoms with Gasteiger partial charge in [0.1, 0.15) is 6.04 Å². The third kappa shape index (κ3) is 4.63. The molecule has 138 valence electrons. The molecule has 0 aliphatic heterocycles. The Hall–Kier alpha value is -2.91. The molecule has 0 radical (unpaired) electrons. The molecule has 3 aromatic rings. The van der Waals surface area contributed by atoms with Gasteiger partial charge < -0.3 is 4.74 Å². The lowest BCUT2D eigenvalue weighted by molar-refractivity contribution is -0.143. The van der Waals surface area contributed by atoms with Crippen LogP contribution < -0.4 is 5.32 Å². The Morgan fingerprint density at radius 3 is 1.56 bits per heavy atom. The molecule has 2 atom stereocenters. The minimum absolute atomic E-state index is 0.0337. The van der Waals surface area contributed by atoms with Crippen LogP contribution >= 0.6 is 0 Å². The maximum atomic E-state index is 12.6. The van der Waals surface area contributed by atoms with E-state index in [1.54, 1.807) is 0 Å². The van der Waals surface area contributed by atoms with Crippen molar-refractivity contribution in [1.82, 2.24) is 5.32 Å². The lowest BCUT2D eigenvalue weighted by Gasteiger charge is -2.29. The normalized spacial score (nSPS) is 13.1. The van der Waals surface area contributed by atoms with Crippen LogP contribution in [0.25, 0.3) is 0 Å². The van der Waals surface area contributed by atoms with Gasteiger partial charge in [0.15, 0.2) is 0 Å². The second-order valence-corrected chi connectivity index (χ2v) is 6.62. The zero-order chi connectivity index (χ0) is 19.1. The lowest BCUT2D eigenvalue weighted by Crippen LogP contribution is -2.43. The third-order valence-electron chi connectivity index (χ3n) is 4.89. The van der Waals surface area contributed by atoms with Crippen molar-refractivity contribution in [2.45, 2.75) is 24.9 Å². The van der Waals surface area contributed by atoms with Gasteiger partial charge in [-0.05, 0) is 16.7 Å². The van der Waals surface area contributed by atoms with Gasteiger partial charge in [0.05, 0.1) is 13.2 Å². The van der Waals surface area contributed by atoms with Crippen LogP contribution in [0.1, 0.15) is 35.6 Å². The monoisotopic (exact) mass is 359 g/mol. The van der Waals surface area contributed by atoms with Gasteiger partial charge in [-0.25, -0.2) is 0 Å². The number of nitrogens with one attached hydrogen (secondary N) is 1. The van der Waals surface area contributed by atoms with Crippen LogP contribution in [0, 0.1) is 0 Å². The van der Waals surface area contributed by atoms with E-state index in [1.807, 2.05) is 66.7 Å². The van der Waals surface area contributed by atoms with Gasteiger partial charge in [0.25, 0.3) is 0 Å². The van der Waals surface area contributed by atoms with Crippen molar-refractivity contribution in [2.75, 3.05) is 7.11 Å². The summed E-state index contributed by atoms with van der Waals surface area (Å²) < 4.78 is 5.13. The molecule has 3 nitrogen and oxygen atoms in total. The fraction of sp³-hybridized carbons (Fsp3) is 0.208. The highest BCUT2D eigenvalue weighted by Gasteiger charge is 2.30. The number of carbonyl (C=O) groups excluding carboxylic acids is 1. The van der Waals surface area contributed by atoms with Crippen LogP contribution in [-0.4, -0.2) is 19.1 Å². The van der Waals surface area contributed by atoms with Crippen molar-refractivity contribution < 1.29 is 9.53 Å². The summed E-state index contributed by atoms with van der Waals surface area (Å²) in [5, 5.41) is 3.56. The predicted octanol–water partition coefficient (Wildman–Crippen LogP) is 4.71. The second kappa shape index (κ2) is 9.15. The molecular weight excluding hydrogens is 334 g/mol. The van der Waals surface area contributed by atoms with E-state index in [9.17, 15) is 4.79 Å². The molecule has 3 aromatic carbocycles. The summed E-state index contributed by atoms with van der Waals surface area (Å²) in [5.74, 6) is -0.295. The van der Waals surface area contributed by atoms with E-state index in [-0.39, 0.29) is 17.9 Å². The van der Waals surface area contributed by atoms with Gasteiger partial charge in [-0.2, -0.15) is 0 Å². The summed E-state index contributed by atoms with van der Waals surface area (Å²) in [4.78, 5) is 12.6. The highest BCUT2D eigenvalue weighted by molar-refractivity contribution is 5.77. The lowest BCUT2D eigenvalue weighted by atomic mass is 9.90. The van der Waals surface area contributed by atoms with E-state index < -0.39 is 6.04 Å². The largest absolute Gasteiger partial charge is 0.468 e. The molecule has 0 spiro atoms. The average Bonchev–Trinajstić information content (AvgIpc) is 2.75. The molecule has 3 heteroatoms. The molecule has 0 amide bonds. The second-order valence-electron chi connectivity index (χ2n) is 6.62. The first-order valence-corrected chi connectivity index (χ1v) is 9.19. The third-order valence-corrected chi connectivity index (χ3v) is 4.89. The molecule has 0 fully saturated rings. The summed E-state index contributed by atoms with van der Waals surface area (Å²) in [7, 11) is 1.44. The van der Waals surface area contributed by atoms with Gasteiger partial charge in [-0.15, -0.1) is 0 Å². The molecule has 27 heavy (non-hydrogen) atoms. The number of hydrogen-bond donors (Lipinski definition) is 1. The van der Waals surface area contributed by atoms with Crippen LogP contribution in [0.5, 0.6) is 0 Å². The fourth-order valence-electron chi connectivity index (χ4n) is 3.35. The Bertz CT molecular complexity index is 795. The van der Waals surface area contributed by atoms with E-state index in [0.717, 1.165) is 16.7 Å². The maximum absolute atomic E-state index is 12.6. The van der Waals surface area contributed by atoms with E-state index >= 15 is 0 Å². The quantitative estimate of drug-likeness (QED) is 0.621. The fourth-order valence-corrected chi connectivity index (χ4v) is 3.35. The Morgan fingerprint density at radius 1 is 0.741 bits per heavy atom. The van der Waals surface area contributed by atoms with Crippen LogP contribution in [0.2, 0.25) is 0 Å². The number of methoxy groups -OCH3 is 1. The topological polar surface area (TPSA) is 38.3 Å². The molecule has 1 N–H and O–H groups in total. The number of hydrogen-bond acceptors (Lipinski definition) is 3. The maximum Gasteiger partial charge on any atom is 0.323 e. The zero-order valence-corrected chi connectivity index (χ0v) is 15.7. The molecular formula is C24H25NO2. The van der Waals surface area contributed by atoms with Crippen molar-refractivity contribution in [2.24, 2.45) is 0 Å². The Kier molecular flexibility index (Phi) is 6.39. The minimum atomic E-state index is -0.470. The van der Waals surface area contributed by atoms with Crippen LogP contribution in [0.3, 0.4) is 0 Å². The molecule has 0 saturated carbocycles. The van der Waals surface area contributed by atoms with E-state index in [1.165, 1.54) is 7.11 Å². The number of benzene rings is 3. The molecule has 0 aromatic heterocycles. The molecule has 0 aliphatic carbocycles. The number of carbonyl (C=O) groups is 1. The molecule has 0 aliphatic rings. The van der Waals surface area contributed by atoms with E-state index in [2.05, 4.69) is 36.5 Å². The van der Waals surface area contributed by atoms with Crippen molar-refractivity contribution >= 4 is 5.97 Å². The summed E-state index contributed by atoms with van der Waals surface area (Å²) >= 11 is 0. The van der Waals surface area contributed by atoms with Crippen LogP contribution in [0.4, 0.5) is 0 Å². The summed E-state index contributed by atoms with van der Waals surface area (Å²) in [6.45, 7) is 2.05. The van der Waals surface area contributed by atoms with E-state index in [0.29, 0.717) is 0 Å². The van der Waals surface area contributed by atoms with Crippen molar-refractivity contribution in [3.05, 3.63) is 108 Å². The number of esters is 1. The Balaban J connectivity index is 1.96. The minimum Gasteiger partial charge on any atom is -0.468 e. The first-order valence-electron chi connectivity index (χ1n) is 9.19. The van der Waals surface area contributed by atoms with Crippen molar-refractivity contribution in [3.8, 4) is 0 Å². The summed E-state index contributed by atoms with van der Waals surface area (Å²) in [6.07, 6.45) is 0. The van der Waals surface area contributed by atoms with Crippen LogP contribution in [0.15, 0.2) is 91.0 Å². The number of rotatable bonds is 7. The molecule has 0 unspecified atom stereocenters. The standard InChI is InChI=1S/C24H25NO2/c1-18(19-12-6-3-7-13-19)22(24(26)27-2)25-23(20-14-8-4-9-15-20)21-16-10-5-11-17-21/h3-18,22-23,25H,1-2H3/t18-,22+/m1/s1. The highest BCUT2D eigenvalue weighted by atomic mass is 16.5. The molecule has 3 rings (SSSR count). The zero-order valence-electron chi connectivity index (χ0n) is 15.7. The van der Waals surface area contributed by atoms with Gasteiger partial charge in [-0.3, -0.25) is 10.1 Å². The first-order chi connectivity index (χ1) is 13.2. The molecule has 0 heterocycles. The van der Waals surface area contributed by atoms with Gasteiger partial charge in [0, 0.05) is 5.92 Å². The highest BCUT2D eigenvalue weighted by Crippen LogP contribution is 2.27. The van der Waals surface area contributed by atoms with Crippen LogP contribution in [-0.2, 0) is 9.53 Å². The first kappa shape index (κ1) is 18.9. The molecule has 0 saturated heterocycles. The Labute approximate surface area is 161 Å². The molecule has 0 bridgehead atoms. The van der Waals surface area contributed by atoms with Crippen molar-refractivity contribution in [3.63, 3.8) is 0 Å². The summed E-state index contributed by atoms with van der Waals surface area (Å²) in [5.41, 5.74) is 3.32.